The standard InChI is InChI=1S/C18H17N3O4/c1-2-25-16-7-8-17-13(11-16)9-10-20(17)12-18(22)19-14-3-5-15(6-4-14)21(23)24/h3-11H,2,12H2,1H3,(H,19,22). The molecule has 0 aliphatic carbocycles. The lowest BCUT2D eigenvalue weighted by Crippen LogP contribution is -2.18. The molecule has 0 spiro atoms. The Kier molecular flexibility index (Phi) is 4.65. The molecule has 1 N–H and O–H groups in total. The summed E-state index contributed by atoms with van der Waals surface area (Å²) < 4.78 is 7.31. The highest BCUT2D eigenvalue weighted by Gasteiger charge is 2.09. The molecule has 0 aliphatic rings. The monoisotopic (exact) mass is 339 g/mol. The minimum Gasteiger partial charge on any atom is -0.494 e. The average molecular weight is 339 g/mol. The minimum atomic E-state index is -0.478. The second-order valence-electron chi connectivity index (χ2n) is 5.45. The Bertz CT molecular complexity index is 916. The largest absolute Gasteiger partial charge is 0.494 e. The highest BCUT2D eigenvalue weighted by molar-refractivity contribution is 5.92. The lowest BCUT2D eigenvalue weighted by molar-refractivity contribution is -0.384. The van der Waals surface area contributed by atoms with E-state index in [1.54, 1.807) is 0 Å². The SMILES string of the molecule is CCOc1ccc2c(ccn2CC(=O)Nc2ccc([N+](=O)[O-])cc2)c1. The van der Waals surface area contributed by atoms with Crippen LogP contribution in [0.1, 0.15) is 6.92 Å². The molecule has 3 aromatic rings. The van der Waals surface area contributed by atoms with E-state index in [-0.39, 0.29) is 18.1 Å². The number of carbonyl (C=O) groups excluding carboxylic acids is 1. The van der Waals surface area contributed by atoms with Gasteiger partial charge in [0.25, 0.3) is 5.69 Å². The zero-order chi connectivity index (χ0) is 17.8. The van der Waals surface area contributed by atoms with Crippen molar-refractivity contribution >= 4 is 28.2 Å². The van der Waals surface area contributed by atoms with E-state index in [2.05, 4.69) is 5.32 Å². The summed E-state index contributed by atoms with van der Waals surface area (Å²) in [6, 6.07) is 13.4. The lowest BCUT2D eigenvalue weighted by Gasteiger charge is -2.08. The van der Waals surface area contributed by atoms with Crippen molar-refractivity contribution in [3.63, 3.8) is 0 Å². The number of non-ortho nitro benzene ring substituents is 1. The molecule has 2 aromatic carbocycles. The molecule has 128 valence electrons. The molecule has 0 bridgehead atoms. The summed E-state index contributed by atoms with van der Waals surface area (Å²) in [6.07, 6.45) is 1.84. The molecule has 25 heavy (non-hydrogen) atoms. The van der Waals surface area contributed by atoms with Gasteiger partial charge in [0, 0.05) is 34.9 Å². The average Bonchev–Trinajstić information content (AvgIpc) is 2.98. The van der Waals surface area contributed by atoms with Gasteiger partial charge in [0.15, 0.2) is 0 Å². The van der Waals surface area contributed by atoms with E-state index in [4.69, 9.17) is 4.74 Å². The first kappa shape index (κ1) is 16.5. The number of fused-ring (bicyclic) bond motifs is 1. The van der Waals surface area contributed by atoms with Gasteiger partial charge in [0.2, 0.25) is 5.91 Å². The Morgan fingerprint density at radius 2 is 1.96 bits per heavy atom. The normalized spacial score (nSPS) is 10.6. The summed E-state index contributed by atoms with van der Waals surface area (Å²) in [5.74, 6) is 0.586. The van der Waals surface area contributed by atoms with Crippen molar-refractivity contribution in [3.8, 4) is 5.75 Å². The fourth-order valence-electron chi connectivity index (χ4n) is 2.59. The number of carbonyl (C=O) groups is 1. The molecule has 7 nitrogen and oxygen atoms in total. The predicted molar refractivity (Wildman–Crippen MR) is 94.8 cm³/mol. The molecule has 0 aliphatic heterocycles. The van der Waals surface area contributed by atoms with E-state index >= 15 is 0 Å². The Morgan fingerprint density at radius 1 is 1.20 bits per heavy atom. The van der Waals surface area contributed by atoms with Gasteiger partial charge in [-0.25, -0.2) is 0 Å². The maximum absolute atomic E-state index is 12.2. The molecule has 1 heterocycles. The molecule has 0 saturated heterocycles. The van der Waals surface area contributed by atoms with Crippen LogP contribution in [0.25, 0.3) is 10.9 Å². The van der Waals surface area contributed by atoms with Crippen molar-refractivity contribution < 1.29 is 14.5 Å². The van der Waals surface area contributed by atoms with Crippen molar-refractivity contribution in [2.45, 2.75) is 13.5 Å². The van der Waals surface area contributed by atoms with Gasteiger partial charge in [-0.15, -0.1) is 0 Å². The highest BCUT2D eigenvalue weighted by Crippen LogP contribution is 2.22. The summed E-state index contributed by atoms with van der Waals surface area (Å²) in [7, 11) is 0. The molecule has 0 unspecified atom stereocenters. The summed E-state index contributed by atoms with van der Waals surface area (Å²) >= 11 is 0. The highest BCUT2D eigenvalue weighted by atomic mass is 16.6. The van der Waals surface area contributed by atoms with Crippen molar-refractivity contribution in [1.29, 1.82) is 0 Å². The third-order valence-corrected chi connectivity index (χ3v) is 3.73. The third kappa shape index (κ3) is 3.77. The molecule has 0 radical (unpaired) electrons. The number of ether oxygens (including phenoxy) is 1. The molecule has 0 atom stereocenters. The first-order valence-electron chi connectivity index (χ1n) is 7.83. The zero-order valence-electron chi connectivity index (χ0n) is 13.6. The second kappa shape index (κ2) is 7.04. The number of benzene rings is 2. The Morgan fingerprint density at radius 3 is 2.64 bits per heavy atom. The van der Waals surface area contributed by atoms with Crippen LogP contribution in [0, 0.1) is 10.1 Å². The number of nitrogens with zero attached hydrogens (tertiary/aromatic N) is 2. The van der Waals surface area contributed by atoms with Gasteiger partial charge in [-0.3, -0.25) is 14.9 Å². The van der Waals surface area contributed by atoms with E-state index in [9.17, 15) is 14.9 Å². The number of hydrogen-bond donors (Lipinski definition) is 1. The lowest BCUT2D eigenvalue weighted by atomic mass is 10.2. The smallest absolute Gasteiger partial charge is 0.269 e. The van der Waals surface area contributed by atoms with Crippen LogP contribution in [-0.2, 0) is 11.3 Å². The van der Waals surface area contributed by atoms with Gasteiger partial charge in [0.1, 0.15) is 12.3 Å². The molecule has 0 saturated carbocycles. The Balaban J connectivity index is 1.70. The van der Waals surface area contributed by atoms with Gasteiger partial charge >= 0.3 is 0 Å². The quantitative estimate of drug-likeness (QED) is 0.549. The molecular formula is C18H17N3O4. The van der Waals surface area contributed by atoms with Crippen molar-refractivity contribution in [2.24, 2.45) is 0 Å². The molecule has 0 fully saturated rings. The molecule has 1 amide bonds. The van der Waals surface area contributed by atoms with Crippen LogP contribution < -0.4 is 10.1 Å². The first-order valence-corrected chi connectivity index (χ1v) is 7.83. The van der Waals surface area contributed by atoms with Gasteiger partial charge < -0.3 is 14.6 Å². The maximum Gasteiger partial charge on any atom is 0.269 e. The van der Waals surface area contributed by atoms with Gasteiger partial charge in [-0.05, 0) is 43.3 Å². The van der Waals surface area contributed by atoms with Crippen LogP contribution in [0.3, 0.4) is 0 Å². The van der Waals surface area contributed by atoms with Gasteiger partial charge in [-0.2, -0.15) is 0 Å². The number of nitro benzene ring substituents is 1. The molecule has 1 aromatic heterocycles. The van der Waals surface area contributed by atoms with E-state index in [0.717, 1.165) is 16.7 Å². The number of aromatic nitrogens is 1. The number of amides is 1. The Hall–Kier alpha value is -3.35. The van der Waals surface area contributed by atoms with Gasteiger partial charge in [-0.1, -0.05) is 0 Å². The van der Waals surface area contributed by atoms with Crippen molar-refractivity contribution in [3.05, 3.63) is 64.8 Å². The fourth-order valence-corrected chi connectivity index (χ4v) is 2.59. The van der Waals surface area contributed by atoms with E-state index < -0.39 is 4.92 Å². The second-order valence-corrected chi connectivity index (χ2v) is 5.45. The van der Waals surface area contributed by atoms with Crippen molar-refractivity contribution in [2.75, 3.05) is 11.9 Å². The predicted octanol–water partition coefficient (Wildman–Crippen LogP) is 3.59. The van der Waals surface area contributed by atoms with Gasteiger partial charge in [0.05, 0.1) is 11.5 Å². The van der Waals surface area contributed by atoms with E-state index in [1.165, 1.54) is 24.3 Å². The molecular weight excluding hydrogens is 322 g/mol. The van der Waals surface area contributed by atoms with Crippen LogP contribution in [0.15, 0.2) is 54.7 Å². The van der Waals surface area contributed by atoms with E-state index in [0.29, 0.717) is 12.3 Å². The summed E-state index contributed by atoms with van der Waals surface area (Å²) in [5.41, 5.74) is 1.44. The molecule has 7 heteroatoms. The number of nitrogens with one attached hydrogen (secondary N) is 1. The van der Waals surface area contributed by atoms with E-state index in [1.807, 2.05) is 42.0 Å². The fraction of sp³-hybridized carbons (Fsp3) is 0.167. The number of nitro groups is 1. The van der Waals surface area contributed by atoms with Crippen LogP contribution in [0.2, 0.25) is 0 Å². The zero-order valence-corrected chi connectivity index (χ0v) is 13.6. The topological polar surface area (TPSA) is 86.4 Å². The van der Waals surface area contributed by atoms with Crippen LogP contribution in [-0.4, -0.2) is 22.0 Å². The number of rotatable bonds is 6. The Labute approximate surface area is 144 Å². The first-order chi connectivity index (χ1) is 12.1. The summed E-state index contributed by atoms with van der Waals surface area (Å²) in [5, 5.41) is 14.4. The maximum atomic E-state index is 12.2. The van der Waals surface area contributed by atoms with Crippen LogP contribution in [0.4, 0.5) is 11.4 Å². The van der Waals surface area contributed by atoms with Crippen molar-refractivity contribution in [1.82, 2.24) is 4.57 Å². The number of anilines is 1. The third-order valence-electron chi connectivity index (χ3n) is 3.73. The number of hydrogen-bond acceptors (Lipinski definition) is 4. The van der Waals surface area contributed by atoms with Crippen LogP contribution in [0.5, 0.6) is 5.75 Å². The molecule has 3 rings (SSSR count). The van der Waals surface area contributed by atoms with Crippen LogP contribution >= 0.6 is 0 Å². The summed E-state index contributed by atoms with van der Waals surface area (Å²) in [4.78, 5) is 22.4. The minimum absolute atomic E-state index is 0.0143. The summed E-state index contributed by atoms with van der Waals surface area (Å²) in [6.45, 7) is 2.68.